The highest BCUT2D eigenvalue weighted by atomic mass is 127. The summed E-state index contributed by atoms with van der Waals surface area (Å²) in [5, 5.41) is 6.63. The summed E-state index contributed by atoms with van der Waals surface area (Å²) in [5.74, 6) is 2.22. The highest BCUT2D eigenvalue weighted by molar-refractivity contribution is 14.0. The van der Waals surface area contributed by atoms with E-state index in [1.807, 2.05) is 66.9 Å². The van der Waals surface area contributed by atoms with Crippen LogP contribution in [0.4, 0.5) is 0 Å². The standard InChI is InChI=1S/C22H29N5O2.HI/c1-4-23-22(24-13-12-18-16-27-14-8-7-11-21(27)26-18)25-15-17(2)29-20-10-6-5-9-19(20)28-3;/h5-11,14,16-17H,4,12-13,15H2,1-3H3,(H2,23,24,25);1H. The molecule has 0 bridgehead atoms. The van der Waals surface area contributed by atoms with Crippen molar-refractivity contribution in [3.05, 3.63) is 60.6 Å². The molecule has 8 heteroatoms. The second-order valence-electron chi connectivity index (χ2n) is 6.67. The fourth-order valence-corrected chi connectivity index (χ4v) is 2.95. The Kier molecular flexibility index (Phi) is 9.72. The molecule has 0 aliphatic heterocycles. The van der Waals surface area contributed by atoms with Crippen molar-refractivity contribution in [1.82, 2.24) is 20.0 Å². The number of para-hydroxylation sites is 2. The van der Waals surface area contributed by atoms with E-state index in [1.165, 1.54) is 0 Å². The molecule has 0 aliphatic carbocycles. The molecule has 1 unspecified atom stereocenters. The van der Waals surface area contributed by atoms with Gasteiger partial charge >= 0.3 is 0 Å². The molecular formula is C22H30IN5O2. The first-order chi connectivity index (χ1) is 14.2. The normalized spacial score (nSPS) is 12.2. The Bertz CT molecular complexity index is 911. The van der Waals surface area contributed by atoms with E-state index in [2.05, 4.69) is 26.8 Å². The number of nitrogens with zero attached hydrogens (tertiary/aromatic N) is 3. The van der Waals surface area contributed by atoms with Gasteiger partial charge < -0.3 is 24.5 Å². The van der Waals surface area contributed by atoms with Crippen molar-refractivity contribution in [3.63, 3.8) is 0 Å². The lowest BCUT2D eigenvalue weighted by molar-refractivity contribution is 0.219. The summed E-state index contributed by atoms with van der Waals surface area (Å²) >= 11 is 0. The summed E-state index contributed by atoms with van der Waals surface area (Å²) in [6, 6.07) is 13.6. The topological polar surface area (TPSA) is 72.2 Å². The van der Waals surface area contributed by atoms with E-state index in [4.69, 9.17) is 9.47 Å². The van der Waals surface area contributed by atoms with E-state index in [9.17, 15) is 0 Å². The molecule has 0 saturated carbocycles. The lowest BCUT2D eigenvalue weighted by Gasteiger charge is -2.16. The maximum Gasteiger partial charge on any atom is 0.191 e. The van der Waals surface area contributed by atoms with Gasteiger partial charge in [-0.1, -0.05) is 18.2 Å². The fraction of sp³-hybridized carbons (Fsp3) is 0.364. The third-order valence-corrected chi connectivity index (χ3v) is 4.34. The van der Waals surface area contributed by atoms with Crippen LogP contribution in [0.5, 0.6) is 11.5 Å². The number of hydrogen-bond acceptors (Lipinski definition) is 4. The van der Waals surface area contributed by atoms with E-state index in [0.717, 1.165) is 48.3 Å². The number of guanidine groups is 1. The Morgan fingerprint density at radius 1 is 1.13 bits per heavy atom. The molecule has 1 aromatic carbocycles. The zero-order chi connectivity index (χ0) is 20.5. The van der Waals surface area contributed by atoms with Crippen LogP contribution in [0.2, 0.25) is 0 Å². The number of aliphatic imine (C=N–C) groups is 1. The van der Waals surface area contributed by atoms with Crippen LogP contribution < -0.4 is 20.1 Å². The molecule has 0 radical (unpaired) electrons. The van der Waals surface area contributed by atoms with Crippen molar-refractivity contribution in [2.75, 3.05) is 26.7 Å². The molecule has 2 aromatic heterocycles. The van der Waals surface area contributed by atoms with Crippen molar-refractivity contribution in [3.8, 4) is 11.5 Å². The molecule has 0 fully saturated rings. The highest BCUT2D eigenvalue weighted by Crippen LogP contribution is 2.26. The third kappa shape index (κ3) is 6.79. The van der Waals surface area contributed by atoms with Gasteiger partial charge in [0, 0.05) is 31.9 Å². The van der Waals surface area contributed by atoms with Gasteiger partial charge in [0.1, 0.15) is 11.8 Å². The molecule has 3 aromatic rings. The maximum absolute atomic E-state index is 5.97. The minimum Gasteiger partial charge on any atom is -0.493 e. The summed E-state index contributed by atoms with van der Waals surface area (Å²) in [7, 11) is 1.64. The number of benzene rings is 1. The van der Waals surface area contributed by atoms with Crippen molar-refractivity contribution >= 4 is 35.6 Å². The number of ether oxygens (including phenoxy) is 2. The van der Waals surface area contributed by atoms with Crippen LogP contribution in [-0.2, 0) is 6.42 Å². The lowest BCUT2D eigenvalue weighted by Crippen LogP contribution is -2.39. The maximum atomic E-state index is 5.97. The molecule has 162 valence electrons. The second-order valence-corrected chi connectivity index (χ2v) is 6.67. The van der Waals surface area contributed by atoms with Gasteiger partial charge in [-0.3, -0.25) is 0 Å². The van der Waals surface area contributed by atoms with Gasteiger partial charge in [0.15, 0.2) is 17.5 Å². The molecule has 0 spiro atoms. The summed E-state index contributed by atoms with van der Waals surface area (Å²) in [6.45, 7) is 6.12. The van der Waals surface area contributed by atoms with Gasteiger partial charge in [0.25, 0.3) is 0 Å². The summed E-state index contributed by atoms with van der Waals surface area (Å²) in [4.78, 5) is 9.27. The molecule has 0 aliphatic rings. The number of nitrogens with one attached hydrogen (secondary N) is 2. The Labute approximate surface area is 194 Å². The minimum absolute atomic E-state index is 0. The molecule has 3 rings (SSSR count). The van der Waals surface area contributed by atoms with Gasteiger partial charge in [-0.2, -0.15) is 0 Å². The van der Waals surface area contributed by atoms with E-state index in [1.54, 1.807) is 7.11 Å². The van der Waals surface area contributed by atoms with Crippen LogP contribution in [-0.4, -0.2) is 48.2 Å². The van der Waals surface area contributed by atoms with Gasteiger partial charge in [0.2, 0.25) is 0 Å². The monoisotopic (exact) mass is 523 g/mol. The first-order valence-corrected chi connectivity index (χ1v) is 9.94. The van der Waals surface area contributed by atoms with E-state index in [-0.39, 0.29) is 30.1 Å². The Balaban J connectivity index is 0.00000320. The van der Waals surface area contributed by atoms with Crippen molar-refractivity contribution in [2.45, 2.75) is 26.4 Å². The predicted molar refractivity (Wildman–Crippen MR) is 131 cm³/mol. The number of pyridine rings is 1. The van der Waals surface area contributed by atoms with Gasteiger partial charge in [-0.15, -0.1) is 24.0 Å². The average Bonchev–Trinajstić information content (AvgIpc) is 3.15. The third-order valence-electron chi connectivity index (χ3n) is 4.34. The molecule has 2 N–H and O–H groups in total. The van der Waals surface area contributed by atoms with Crippen LogP contribution in [0.15, 0.2) is 59.9 Å². The van der Waals surface area contributed by atoms with E-state index in [0.29, 0.717) is 6.54 Å². The Hall–Kier alpha value is -2.49. The van der Waals surface area contributed by atoms with Crippen LogP contribution in [0.25, 0.3) is 5.65 Å². The fourth-order valence-electron chi connectivity index (χ4n) is 2.95. The van der Waals surface area contributed by atoms with Crippen LogP contribution in [0, 0.1) is 0 Å². The Morgan fingerprint density at radius 2 is 1.90 bits per heavy atom. The molecule has 2 heterocycles. The highest BCUT2D eigenvalue weighted by Gasteiger charge is 2.09. The number of methoxy groups -OCH3 is 1. The largest absolute Gasteiger partial charge is 0.493 e. The SMILES string of the molecule is CCNC(=NCC(C)Oc1ccccc1OC)NCCc1cn2ccccc2n1.I. The first-order valence-electron chi connectivity index (χ1n) is 9.94. The molecule has 1 atom stereocenters. The van der Waals surface area contributed by atoms with Gasteiger partial charge in [-0.05, 0) is 38.1 Å². The van der Waals surface area contributed by atoms with Crippen molar-refractivity contribution in [2.24, 2.45) is 4.99 Å². The van der Waals surface area contributed by atoms with Gasteiger partial charge in [-0.25, -0.2) is 9.98 Å². The zero-order valence-electron chi connectivity index (χ0n) is 17.7. The van der Waals surface area contributed by atoms with Crippen LogP contribution in [0.3, 0.4) is 0 Å². The first kappa shape index (κ1) is 23.8. The molecule has 7 nitrogen and oxygen atoms in total. The van der Waals surface area contributed by atoms with Crippen LogP contribution >= 0.6 is 24.0 Å². The predicted octanol–water partition coefficient (Wildman–Crippen LogP) is 3.53. The van der Waals surface area contributed by atoms with E-state index < -0.39 is 0 Å². The molecule has 0 saturated heterocycles. The minimum atomic E-state index is -0.0832. The second kappa shape index (κ2) is 12.3. The quantitative estimate of drug-likeness (QED) is 0.255. The van der Waals surface area contributed by atoms with E-state index >= 15 is 0 Å². The number of aromatic nitrogens is 2. The summed E-state index contributed by atoms with van der Waals surface area (Å²) < 4.78 is 13.3. The Morgan fingerprint density at radius 3 is 2.63 bits per heavy atom. The number of halogens is 1. The van der Waals surface area contributed by atoms with Gasteiger partial charge in [0.05, 0.1) is 19.3 Å². The lowest BCUT2D eigenvalue weighted by atomic mass is 10.3. The number of fused-ring (bicyclic) bond motifs is 1. The van der Waals surface area contributed by atoms with Crippen molar-refractivity contribution in [1.29, 1.82) is 0 Å². The molecule has 0 amide bonds. The number of hydrogen-bond donors (Lipinski definition) is 2. The summed E-state index contributed by atoms with van der Waals surface area (Å²) in [5.41, 5.74) is 2.01. The number of rotatable bonds is 9. The smallest absolute Gasteiger partial charge is 0.191 e. The molecular weight excluding hydrogens is 493 g/mol. The summed E-state index contributed by atoms with van der Waals surface area (Å²) in [6.07, 6.45) is 4.80. The zero-order valence-corrected chi connectivity index (χ0v) is 20.0. The molecule has 30 heavy (non-hydrogen) atoms. The number of imidazole rings is 1. The van der Waals surface area contributed by atoms with Crippen LogP contribution in [0.1, 0.15) is 19.5 Å². The average molecular weight is 523 g/mol. The van der Waals surface area contributed by atoms with Crippen molar-refractivity contribution < 1.29 is 9.47 Å².